The van der Waals surface area contributed by atoms with Crippen molar-refractivity contribution in [2.75, 3.05) is 31.6 Å². The molecular formula is C18H29N7O5. The molecule has 0 aliphatic carbocycles. The molecule has 3 heterocycles. The summed E-state index contributed by atoms with van der Waals surface area (Å²) in [4.78, 5) is 24.6. The van der Waals surface area contributed by atoms with Gasteiger partial charge in [0.15, 0.2) is 23.2 Å². The average molecular weight is 423 g/mol. The summed E-state index contributed by atoms with van der Waals surface area (Å²) in [6, 6.07) is 0. The van der Waals surface area contributed by atoms with E-state index in [4.69, 9.17) is 10.5 Å². The van der Waals surface area contributed by atoms with Crippen LogP contribution in [0.3, 0.4) is 0 Å². The molecule has 12 nitrogen and oxygen atoms in total. The highest BCUT2D eigenvalue weighted by molar-refractivity contribution is 5.86. The summed E-state index contributed by atoms with van der Waals surface area (Å²) in [6.45, 7) is 0.888. The zero-order chi connectivity index (χ0) is 21.5. The number of nitrogens with two attached hydrogens (primary N) is 1. The zero-order valence-electron chi connectivity index (χ0n) is 16.6. The Morgan fingerprint density at radius 2 is 1.97 bits per heavy atom. The molecule has 7 N–H and O–H groups in total. The van der Waals surface area contributed by atoms with Gasteiger partial charge in [0, 0.05) is 6.54 Å². The fourth-order valence-corrected chi connectivity index (χ4v) is 3.35. The second-order valence-corrected chi connectivity index (χ2v) is 7.18. The predicted molar refractivity (Wildman–Crippen MR) is 107 cm³/mol. The zero-order valence-corrected chi connectivity index (χ0v) is 16.6. The van der Waals surface area contributed by atoms with Crippen LogP contribution in [0.25, 0.3) is 11.2 Å². The molecule has 0 aromatic carbocycles. The lowest BCUT2D eigenvalue weighted by Crippen LogP contribution is -2.33. The van der Waals surface area contributed by atoms with Gasteiger partial charge in [-0.25, -0.2) is 15.0 Å². The van der Waals surface area contributed by atoms with Gasteiger partial charge in [0.1, 0.15) is 24.6 Å². The van der Waals surface area contributed by atoms with Gasteiger partial charge >= 0.3 is 0 Å². The molecule has 0 unspecified atom stereocenters. The van der Waals surface area contributed by atoms with Crippen molar-refractivity contribution < 1.29 is 24.9 Å². The van der Waals surface area contributed by atoms with Crippen LogP contribution in [0.4, 0.5) is 5.82 Å². The van der Waals surface area contributed by atoms with E-state index in [9.17, 15) is 20.1 Å². The molecule has 2 aromatic heterocycles. The number of aliphatic hydroxyl groups is 3. The van der Waals surface area contributed by atoms with Crippen LogP contribution >= 0.6 is 0 Å². The van der Waals surface area contributed by atoms with Crippen molar-refractivity contribution >= 4 is 22.9 Å². The van der Waals surface area contributed by atoms with Crippen LogP contribution in [-0.4, -0.2) is 85.3 Å². The molecular weight excluding hydrogens is 394 g/mol. The molecule has 1 aliphatic rings. The molecule has 12 heteroatoms. The van der Waals surface area contributed by atoms with E-state index in [0.717, 1.165) is 25.7 Å². The number of rotatable bonds is 11. The molecule has 4 atom stereocenters. The van der Waals surface area contributed by atoms with Crippen LogP contribution in [0.1, 0.15) is 31.9 Å². The van der Waals surface area contributed by atoms with Crippen molar-refractivity contribution in [3.8, 4) is 0 Å². The van der Waals surface area contributed by atoms with E-state index in [2.05, 4.69) is 25.6 Å². The summed E-state index contributed by atoms with van der Waals surface area (Å²) in [5, 5.41) is 35.3. The lowest BCUT2D eigenvalue weighted by atomic mass is 10.1. The van der Waals surface area contributed by atoms with E-state index < -0.39 is 31.1 Å². The third-order valence-electron chi connectivity index (χ3n) is 5.02. The van der Waals surface area contributed by atoms with E-state index in [1.807, 2.05) is 0 Å². The van der Waals surface area contributed by atoms with Crippen molar-refractivity contribution in [1.29, 1.82) is 0 Å². The summed E-state index contributed by atoms with van der Waals surface area (Å²) in [5.74, 6) is 0.201. The number of hydrogen-bond acceptors (Lipinski definition) is 10. The van der Waals surface area contributed by atoms with E-state index >= 15 is 0 Å². The number of carbonyl (C=O) groups is 1. The Morgan fingerprint density at radius 3 is 2.70 bits per heavy atom. The first-order valence-electron chi connectivity index (χ1n) is 10.1. The number of hydrogen-bond donors (Lipinski definition) is 6. The number of anilines is 1. The number of nitrogens with one attached hydrogen (secondary N) is 2. The third kappa shape index (κ3) is 5.02. The van der Waals surface area contributed by atoms with Crippen molar-refractivity contribution in [3.05, 3.63) is 12.7 Å². The first-order chi connectivity index (χ1) is 14.6. The van der Waals surface area contributed by atoms with Crippen molar-refractivity contribution in [2.45, 2.75) is 50.2 Å². The van der Waals surface area contributed by atoms with Gasteiger partial charge in [0.05, 0.1) is 19.5 Å². The van der Waals surface area contributed by atoms with Crippen molar-refractivity contribution in [1.82, 2.24) is 24.8 Å². The monoisotopic (exact) mass is 423 g/mol. The second kappa shape index (κ2) is 10.6. The Morgan fingerprint density at radius 1 is 1.17 bits per heavy atom. The van der Waals surface area contributed by atoms with Gasteiger partial charge in [0.25, 0.3) is 0 Å². The topological polar surface area (TPSA) is 181 Å². The molecule has 1 aliphatic heterocycles. The van der Waals surface area contributed by atoms with E-state index in [1.54, 1.807) is 0 Å². The van der Waals surface area contributed by atoms with Gasteiger partial charge in [-0.3, -0.25) is 9.36 Å². The number of amides is 1. The molecule has 166 valence electrons. The number of unbranched alkanes of at least 4 members (excludes halogenated alkanes) is 3. The van der Waals surface area contributed by atoms with Crippen LogP contribution in [0.2, 0.25) is 0 Å². The predicted octanol–water partition coefficient (Wildman–Crippen LogP) is -1.51. The number of aliphatic hydroxyl groups excluding tert-OH is 3. The lowest BCUT2D eigenvalue weighted by Gasteiger charge is -2.16. The highest BCUT2D eigenvalue weighted by Crippen LogP contribution is 2.31. The molecule has 0 spiro atoms. The maximum absolute atomic E-state index is 12.0. The summed E-state index contributed by atoms with van der Waals surface area (Å²) in [6.07, 6.45) is 2.36. The van der Waals surface area contributed by atoms with Gasteiger partial charge in [-0.2, -0.15) is 0 Å². The Hall–Kier alpha value is -2.38. The first-order valence-corrected chi connectivity index (χ1v) is 10.1. The van der Waals surface area contributed by atoms with Gasteiger partial charge in [0.2, 0.25) is 5.91 Å². The third-order valence-corrected chi connectivity index (χ3v) is 5.02. The lowest BCUT2D eigenvalue weighted by molar-refractivity contribution is -0.119. The minimum absolute atomic E-state index is 0.0234. The molecule has 1 fully saturated rings. The van der Waals surface area contributed by atoms with Crippen LogP contribution < -0.4 is 16.4 Å². The summed E-state index contributed by atoms with van der Waals surface area (Å²) in [7, 11) is 0. The first kappa shape index (κ1) is 22.3. The van der Waals surface area contributed by atoms with Gasteiger partial charge in [-0.15, -0.1) is 0 Å². The quantitative estimate of drug-likeness (QED) is 0.232. The van der Waals surface area contributed by atoms with Gasteiger partial charge < -0.3 is 36.4 Å². The minimum atomic E-state index is -1.25. The summed E-state index contributed by atoms with van der Waals surface area (Å²) in [5.41, 5.74) is 6.21. The highest BCUT2D eigenvalue weighted by Gasteiger charge is 2.44. The smallest absolute Gasteiger partial charge is 0.239 e. The van der Waals surface area contributed by atoms with Crippen LogP contribution in [0.15, 0.2) is 12.7 Å². The van der Waals surface area contributed by atoms with E-state index in [1.165, 1.54) is 17.2 Å². The largest absolute Gasteiger partial charge is 0.394 e. The van der Waals surface area contributed by atoms with Crippen molar-refractivity contribution in [2.24, 2.45) is 5.73 Å². The summed E-state index contributed by atoms with van der Waals surface area (Å²) < 4.78 is 6.99. The molecule has 0 bridgehead atoms. The molecule has 1 amide bonds. The number of fused-ring (bicyclic) bond motifs is 1. The normalized spacial score (nSPS) is 23.7. The second-order valence-electron chi connectivity index (χ2n) is 7.18. The van der Waals surface area contributed by atoms with Gasteiger partial charge in [-0.1, -0.05) is 12.8 Å². The van der Waals surface area contributed by atoms with Crippen LogP contribution in [0, 0.1) is 0 Å². The molecule has 0 saturated carbocycles. The highest BCUT2D eigenvalue weighted by atomic mass is 16.6. The Balaban J connectivity index is 1.59. The van der Waals surface area contributed by atoms with Crippen molar-refractivity contribution in [3.63, 3.8) is 0 Å². The Labute approximate surface area is 173 Å². The minimum Gasteiger partial charge on any atom is -0.394 e. The van der Waals surface area contributed by atoms with Crippen LogP contribution in [-0.2, 0) is 9.53 Å². The maximum Gasteiger partial charge on any atom is 0.239 e. The molecule has 0 radical (unpaired) electrons. The number of carbonyl (C=O) groups excluding carboxylic acids is 1. The Bertz CT molecular complexity index is 832. The average Bonchev–Trinajstić information content (AvgIpc) is 3.30. The van der Waals surface area contributed by atoms with E-state index in [-0.39, 0.29) is 12.5 Å². The fraction of sp³-hybridized carbons (Fsp3) is 0.667. The standard InChI is InChI=1S/C18H29N7O5/c19-5-3-1-2-4-6-20-12(27)7-21-16-13-17(23-9-22-16)25(10-24-13)18-15(29)14(28)11(8-26)30-18/h9-11,14-15,18,26,28-29H,1-8,19H2,(H,20,27)(H,21,22,23)/t11-,14-,15-,18-/m1/s1. The number of nitrogens with zero attached hydrogens (tertiary/aromatic N) is 4. The molecule has 2 aromatic rings. The number of aromatic nitrogens is 4. The summed E-state index contributed by atoms with van der Waals surface area (Å²) >= 11 is 0. The fourth-order valence-electron chi connectivity index (χ4n) is 3.35. The van der Waals surface area contributed by atoms with E-state index in [0.29, 0.717) is 30.1 Å². The SMILES string of the molecule is NCCCCCCNC(=O)CNc1ncnc2c1ncn2[C@@H]1O[C@H](CO)[C@@H](O)[C@H]1O. The number of ether oxygens (including phenoxy) is 1. The Kier molecular flexibility index (Phi) is 7.87. The molecule has 3 rings (SSSR count). The number of imidazole rings is 1. The van der Waals surface area contributed by atoms with Crippen LogP contribution in [0.5, 0.6) is 0 Å². The molecule has 1 saturated heterocycles. The van der Waals surface area contributed by atoms with Gasteiger partial charge in [-0.05, 0) is 19.4 Å². The molecule has 30 heavy (non-hydrogen) atoms. The maximum atomic E-state index is 12.0.